The van der Waals surface area contributed by atoms with Gasteiger partial charge in [-0.3, -0.25) is 0 Å². The Labute approximate surface area is 108 Å². The number of aromatic nitrogens is 1. The maximum Gasteiger partial charge on any atom is 0.297 e. The van der Waals surface area contributed by atoms with Gasteiger partial charge in [0.1, 0.15) is 6.26 Å². The van der Waals surface area contributed by atoms with Gasteiger partial charge >= 0.3 is 0 Å². The summed E-state index contributed by atoms with van der Waals surface area (Å²) in [6.45, 7) is 3.23. The van der Waals surface area contributed by atoms with Crippen LogP contribution in [0.3, 0.4) is 0 Å². The molecule has 1 aliphatic rings. The van der Waals surface area contributed by atoms with Crippen LogP contribution in [-0.2, 0) is 5.88 Å². The van der Waals surface area contributed by atoms with E-state index in [9.17, 15) is 0 Å². The predicted octanol–water partition coefficient (Wildman–Crippen LogP) is 2.19. The van der Waals surface area contributed by atoms with Crippen molar-refractivity contribution in [3.05, 3.63) is 12.0 Å². The van der Waals surface area contributed by atoms with E-state index in [1.165, 1.54) is 19.4 Å². The SMILES string of the molecule is CN(C)CC1CCN(c2nc(CCl)co2)CC1. The van der Waals surface area contributed by atoms with Gasteiger partial charge in [0, 0.05) is 19.6 Å². The van der Waals surface area contributed by atoms with Gasteiger partial charge < -0.3 is 14.2 Å². The quantitative estimate of drug-likeness (QED) is 0.774. The number of nitrogens with zero attached hydrogens (tertiary/aromatic N) is 3. The minimum atomic E-state index is 0.417. The average molecular weight is 258 g/mol. The third-order valence-corrected chi connectivity index (χ3v) is 3.46. The molecule has 1 aliphatic heterocycles. The molecule has 1 saturated heterocycles. The molecule has 96 valence electrons. The van der Waals surface area contributed by atoms with E-state index in [1.54, 1.807) is 6.26 Å². The van der Waals surface area contributed by atoms with Crippen molar-refractivity contribution in [3.63, 3.8) is 0 Å². The molecule has 0 saturated carbocycles. The summed E-state index contributed by atoms with van der Waals surface area (Å²) in [5.41, 5.74) is 0.817. The van der Waals surface area contributed by atoms with Crippen molar-refractivity contribution in [3.8, 4) is 0 Å². The highest BCUT2D eigenvalue weighted by Crippen LogP contribution is 2.23. The zero-order valence-electron chi connectivity index (χ0n) is 10.5. The Bertz CT molecular complexity index is 345. The predicted molar refractivity (Wildman–Crippen MR) is 69.6 cm³/mol. The molecule has 4 nitrogen and oxygen atoms in total. The largest absolute Gasteiger partial charge is 0.432 e. The van der Waals surface area contributed by atoms with Crippen molar-refractivity contribution in [1.82, 2.24) is 9.88 Å². The van der Waals surface area contributed by atoms with Crippen molar-refractivity contribution < 1.29 is 4.42 Å². The summed E-state index contributed by atoms with van der Waals surface area (Å²) in [4.78, 5) is 8.83. The maximum atomic E-state index is 5.71. The topological polar surface area (TPSA) is 32.5 Å². The molecule has 0 bridgehead atoms. The first-order chi connectivity index (χ1) is 8.19. The van der Waals surface area contributed by atoms with Crippen LogP contribution in [-0.4, -0.2) is 43.6 Å². The standard InChI is InChI=1S/C12H20ClN3O/c1-15(2)8-10-3-5-16(6-4-10)12-14-11(7-13)9-17-12/h9-10H,3-8H2,1-2H3. The Morgan fingerprint density at radius 1 is 1.47 bits per heavy atom. The summed E-state index contributed by atoms with van der Waals surface area (Å²) < 4.78 is 5.43. The molecule has 0 N–H and O–H groups in total. The second kappa shape index (κ2) is 5.74. The first-order valence-electron chi connectivity index (χ1n) is 6.09. The first-order valence-corrected chi connectivity index (χ1v) is 6.62. The Balaban J connectivity index is 1.86. The summed E-state index contributed by atoms with van der Waals surface area (Å²) in [5.74, 6) is 1.21. The molecule has 0 radical (unpaired) electrons. The van der Waals surface area contributed by atoms with Gasteiger partial charge in [0.2, 0.25) is 0 Å². The average Bonchev–Trinajstić information content (AvgIpc) is 2.78. The van der Waals surface area contributed by atoms with Gasteiger partial charge in [0.25, 0.3) is 6.01 Å². The Kier molecular flexibility index (Phi) is 4.29. The number of hydrogen-bond donors (Lipinski definition) is 0. The van der Waals surface area contributed by atoms with E-state index in [0.29, 0.717) is 5.88 Å². The molecule has 17 heavy (non-hydrogen) atoms. The molecule has 1 fully saturated rings. The van der Waals surface area contributed by atoms with Gasteiger partial charge in [-0.2, -0.15) is 4.98 Å². The van der Waals surface area contributed by atoms with Gasteiger partial charge in [0.05, 0.1) is 11.6 Å². The molecule has 0 atom stereocenters. The molecule has 2 heterocycles. The van der Waals surface area contributed by atoms with Crippen LogP contribution >= 0.6 is 11.6 Å². The number of anilines is 1. The second-order valence-corrected chi connectivity index (χ2v) is 5.21. The number of piperidine rings is 1. The molecule has 0 unspecified atom stereocenters. The van der Waals surface area contributed by atoms with Gasteiger partial charge in [-0.25, -0.2) is 0 Å². The van der Waals surface area contributed by atoms with Crippen molar-refractivity contribution in [2.24, 2.45) is 5.92 Å². The van der Waals surface area contributed by atoms with Crippen LogP contribution in [0, 0.1) is 5.92 Å². The minimum absolute atomic E-state index is 0.417. The number of alkyl halides is 1. The zero-order chi connectivity index (χ0) is 12.3. The van der Waals surface area contributed by atoms with E-state index in [2.05, 4.69) is 28.9 Å². The molecule has 0 spiro atoms. The lowest BCUT2D eigenvalue weighted by atomic mass is 9.97. The van der Waals surface area contributed by atoms with Crippen LogP contribution in [0.15, 0.2) is 10.7 Å². The summed E-state index contributed by atoms with van der Waals surface area (Å²) >= 11 is 5.71. The summed E-state index contributed by atoms with van der Waals surface area (Å²) in [6.07, 6.45) is 4.06. The van der Waals surface area contributed by atoms with Crippen LogP contribution in [0.25, 0.3) is 0 Å². The third-order valence-electron chi connectivity index (χ3n) is 3.18. The second-order valence-electron chi connectivity index (χ2n) is 4.95. The summed E-state index contributed by atoms with van der Waals surface area (Å²) in [5, 5.41) is 0. The van der Waals surface area contributed by atoms with Crippen LogP contribution in [0.1, 0.15) is 18.5 Å². The molecule has 1 aromatic rings. The molecule has 1 aromatic heterocycles. The van der Waals surface area contributed by atoms with Gasteiger partial charge in [-0.05, 0) is 32.9 Å². The monoisotopic (exact) mass is 257 g/mol. The van der Waals surface area contributed by atoms with Gasteiger partial charge in [0.15, 0.2) is 0 Å². The number of halogens is 1. The molecule has 0 aliphatic carbocycles. The highest BCUT2D eigenvalue weighted by atomic mass is 35.5. The summed E-state index contributed by atoms with van der Waals surface area (Å²) in [6, 6.07) is 0.726. The molecular formula is C12H20ClN3O. The first kappa shape index (κ1) is 12.7. The lowest BCUT2D eigenvalue weighted by Crippen LogP contribution is -2.37. The van der Waals surface area contributed by atoms with Crippen molar-refractivity contribution >= 4 is 17.6 Å². The fraction of sp³-hybridized carbons (Fsp3) is 0.750. The Morgan fingerprint density at radius 3 is 2.71 bits per heavy atom. The van der Waals surface area contributed by atoms with E-state index in [4.69, 9.17) is 16.0 Å². The Hall–Kier alpha value is -0.740. The fourth-order valence-electron chi connectivity index (χ4n) is 2.33. The molecule has 0 aromatic carbocycles. The van der Waals surface area contributed by atoms with Crippen molar-refractivity contribution in [2.45, 2.75) is 18.7 Å². The number of hydrogen-bond acceptors (Lipinski definition) is 4. The van der Waals surface area contributed by atoms with Crippen molar-refractivity contribution in [2.75, 3.05) is 38.6 Å². The highest BCUT2D eigenvalue weighted by Gasteiger charge is 2.22. The van der Waals surface area contributed by atoms with Crippen LogP contribution in [0.5, 0.6) is 0 Å². The van der Waals surface area contributed by atoms with Crippen LogP contribution in [0.4, 0.5) is 6.01 Å². The van der Waals surface area contributed by atoms with E-state index >= 15 is 0 Å². The smallest absolute Gasteiger partial charge is 0.297 e. The fourth-order valence-corrected chi connectivity index (χ4v) is 2.45. The lowest BCUT2D eigenvalue weighted by molar-refractivity contribution is 0.281. The van der Waals surface area contributed by atoms with E-state index in [0.717, 1.165) is 30.7 Å². The van der Waals surface area contributed by atoms with Crippen molar-refractivity contribution in [1.29, 1.82) is 0 Å². The van der Waals surface area contributed by atoms with Gasteiger partial charge in [-0.1, -0.05) is 0 Å². The molecule has 5 heteroatoms. The third kappa shape index (κ3) is 3.36. The maximum absolute atomic E-state index is 5.71. The van der Waals surface area contributed by atoms with E-state index in [1.807, 2.05) is 0 Å². The summed E-state index contributed by atoms with van der Waals surface area (Å²) in [7, 11) is 4.26. The Morgan fingerprint density at radius 2 is 2.18 bits per heavy atom. The molecule has 0 amide bonds. The lowest BCUT2D eigenvalue weighted by Gasteiger charge is -2.32. The van der Waals surface area contributed by atoms with Crippen LogP contribution in [0.2, 0.25) is 0 Å². The highest BCUT2D eigenvalue weighted by molar-refractivity contribution is 6.16. The normalized spacial score (nSPS) is 18.0. The van der Waals surface area contributed by atoms with E-state index < -0.39 is 0 Å². The minimum Gasteiger partial charge on any atom is -0.432 e. The number of oxazole rings is 1. The molecule has 2 rings (SSSR count). The van der Waals surface area contributed by atoms with Crippen LogP contribution < -0.4 is 4.90 Å². The van der Waals surface area contributed by atoms with Gasteiger partial charge in [-0.15, -0.1) is 11.6 Å². The molecular weight excluding hydrogens is 238 g/mol. The van der Waals surface area contributed by atoms with E-state index in [-0.39, 0.29) is 0 Å². The zero-order valence-corrected chi connectivity index (χ0v) is 11.3. The number of rotatable bonds is 4.